The lowest BCUT2D eigenvalue weighted by Crippen LogP contribution is -2.14. The van der Waals surface area contributed by atoms with E-state index in [9.17, 15) is 0 Å². The van der Waals surface area contributed by atoms with Crippen molar-refractivity contribution < 1.29 is 0 Å². The molecule has 0 N–H and O–H groups in total. The Morgan fingerprint density at radius 3 is 2.41 bits per heavy atom. The average molecular weight is 523 g/mol. The molecule has 0 radical (unpaired) electrons. The van der Waals surface area contributed by atoms with Gasteiger partial charge in [-0.25, -0.2) is 4.98 Å². The summed E-state index contributed by atoms with van der Waals surface area (Å²) in [7, 11) is 0. The lowest BCUT2D eigenvalue weighted by atomic mass is 9.81. The van der Waals surface area contributed by atoms with Crippen LogP contribution in [0.15, 0.2) is 115 Å². The molecule has 2 aromatic heterocycles. The minimum absolute atomic E-state index is 0.0218. The van der Waals surface area contributed by atoms with Crippen molar-refractivity contribution in [1.82, 2.24) is 9.38 Å². The summed E-state index contributed by atoms with van der Waals surface area (Å²) >= 11 is 0. The minimum atomic E-state index is -0.0218. The highest BCUT2D eigenvalue weighted by molar-refractivity contribution is 6.17. The van der Waals surface area contributed by atoms with Gasteiger partial charge in [0.05, 0.1) is 16.6 Å². The van der Waals surface area contributed by atoms with E-state index in [1.807, 2.05) is 0 Å². The minimum Gasteiger partial charge on any atom is -0.292 e. The number of allylic oxidation sites excluding steroid dienone is 3. The Balaban J connectivity index is 1.28. The molecule has 2 nitrogen and oxygen atoms in total. The van der Waals surface area contributed by atoms with Crippen LogP contribution < -0.4 is 0 Å². The first kappa shape index (κ1) is 21.8. The molecule has 0 amide bonds. The number of hydrogen-bond acceptors (Lipinski definition) is 1. The maximum atomic E-state index is 5.26. The highest BCUT2D eigenvalue weighted by atomic mass is 15.0. The fourth-order valence-corrected chi connectivity index (χ4v) is 7.77. The van der Waals surface area contributed by atoms with Gasteiger partial charge in [0, 0.05) is 22.1 Å². The van der Waals surface area contributed by atoms with Crippen LogP contribution in [-0.4, -0.2) is 9.38 Å². The zero-order valence-electron chi connectivity index (χ0n) is 22.9. The third-order valence-corrected chi connectivity index (χ3v) is 9.88. The second kappa shape index (κ2) is 7.21. The molecule has 41 heavy (non-hydrogen) atoms. The van der Waals surface area contributed by atoms with Gasteiger partial charge in [-0.15, -0.1) is 0 Å². The van der Waals surface area contributed by atoms with Crippen molar-refractivity contribution in [3.05, 3.63) is 137 Å². The number of imidazole rings is 1. The quantitative estimate of drug-likeness (QED) is 0.196. The molecule has 0 saturated carbocycles. The SMILES string of the molecule is CC1(C)c2ccccc2-c2ccc(-c3ccc4c5ccc6c(c5c5nc7ccccc7n5c4c3)C3C=C3C=C6)cc21. The molecule has 2 heterocycles. The normalized spacial score (nSPS) is 17.5. The van der Waals surface area contributed by atoms with Crippen LogP contribution in [0, 0.1) is 0 Å². The van der Waals surface area contributed by atoms with Gasteiger partial charge >= 0.3 is 0 Å². The molecule has 0 spiro atoms. The van der Waals surface area contributed by atoms with Crippen molar-refractivity contribution in [3.8, 4) is 22.3 Å². The molecule has 0 fully saturated rings. The van der Waals surface area contributed by atoms with Crippen LogP contribution in [-0.2, 0) is 5.41 Å². The molecule has 10 rings (SSSR count). The molecule has 1 unspecified atom stereocenters. The standard InChI is InChI=1S/C39H26N2/c1-39(2)31-8-4-3-7-26(31)27-16-14-23(20-32(27)39)24-15-17-28-29-18-13-22-11-12-25-19-30(25)36(22)37(29)38-40-33-9-5-6-10-34(33)41(38)35(28)21-24/h3-21,30H,1-2H3. The van der Waals surface area contributed by atoms with Gasteiger partial charge in [0.15, 0.2) is 0 Å². The molecule has 0 saturated heterocycles. The van der Waals surface area contributed by atoms with Gasteiger partial charge in [0.1, 0.15) is 5.65 Å². The fraction of sp³-hybridized carbons (Fsp3) is 0.103. The highest BCUT2D eigenvalue weighted by Crippen LogP contribution is 2.51. The number of benzene rings is 5. The van der Waals surface area contributed by atoms with E-state index in [1.165, 1.54) is 71.8 Å². The van der Waals surface area contributed by atoms with Crippen LogP contribution in [0.25, 0.3) is 66.7 Å². The summed E-state index contributed by atoms with van der Waals surface area (Å²) < 4.78 is 2.41. The molecular weight excluding hydrogens is 496 g/mol. The molecular formula is C39H26N2. The first-order valence-corrected chi connectivity index (χ1v) is 14.5. The summed E-state index contributed by atoms with van der Waals surface area (Å²) in [6, 6.07) is 36.1. The number of fused-ring (bicyclic) bond motifs is 15. The predicted molar refractivity (Wildman–Crippen MR) is 171 cm³/mol. The number of pyridine rings is 1. The van der Waals surface area contributed by atoms with Gasteiger partial charge in [-0.2, -0.15) is 0 Å². The molecule has 0 aliphatic heterocycles. The number of para-hydroxylation sites is 2. The Kier molecular flexibility index (Phi) is 3.84. The fourth-order valence-electron chi connectivity index (χ4n) is 7.77. The summed E-state index contributed by atoms with van der Waals surface area (Å²) in [5.41, 5.74) is 16.6. The summed E-state index contributed by atoms with van der Waals surface area (Å²) in [6.45, 7) is 4.70. The van der Waals surface area contributed by atoms with E-state index in [4.69, 9.17) is 4.98 Å². The van der Waals surface area contributed by atoms with Crippen molar-refractivity contribution >= 4 is 44.4 Å². The zero-order valence-corrected chi connectivity index (χ0v) is 22.9. The highest BCUT2D eigenvalue weighted by Gasteiger charge is 2.35. The van der Waals surface area contributed by atoms with E-state index in [1.54, 1.807) is 0 Å². The van der Waals surface area contributed by atoms with Crippen LogP contribution in [0.2, 0.25) is 0 Å². The first-order chi connectivity index (χ1) is 20.1. The molecule has 3 aliphatic rings. The van der Waals surface area contributed by atoms with Gasteiger partial charge in [0.2, 0.25) is 0 Å². The lowest BCUT2D eigenvalue weighted by Gasteiger charge is -2.22. The number of rotatable bonds is 1. The van der Waals surface area contributed by atoms with E-state index in [0.29, 0.717) is 5.92 Å². The number of aromatic nitrogens is 2. The lowest BCUT2D eigenvalue weighted by molar-refractivity contribution is 0.660. The number of nitrogens with zero attached hydrogens (tertiary/aromatic N) is 2. The summed E-state index contributed by atoms with van der Waals surface area (Å²) in [4.78, 5) is 5.26. The topological polar surface area (TPSA) is 17.3 Å². The summed E-state index contributed by atoms with van der Waals surface area (Å²) in [5.74, 6) is 0.415. The van der Waals surface area contributed by atoms with E-state index < -0.39 is 0 Å². The van der Waals surface area contributed by atoms with Gasteiger partial charge in [-0.05, 0) is 79.7 Å². The maximum absolute atomic E-state index is 5.26. The van der Waals surface area contributed by atoms with Gasteiger partial charge in [-0.3, -0.25) is 4.40 Å². The van der Waals surface area contributed by atoms with E-state index in [0.717, 1.165) is 16.7 Å². The van der Waals surface area contributed by atoms with Crippen LogP contribution in [0.4, 0.5) is 0 Å². The molecule has 7 aromatic rings. The molecule has 192 valence electrons. The van der Waals surface area contributed by atoms with Crippen molar-refractivity contribution in [1.29, 1.82) is 0 Å². The van der Waals surface area contributed by atoms with Gasteiger partial charge < -0.3 is 0 Å². The zero-order chi connectivity index (χ0) is 27.0. The molecule has 3 aliphatic carbocycles. The van der Waals surface area contributed by atoms with E-state index in [2.05, 4.69) is 134 Å². The Morgan fingerprint density at radius 2 is 1.46 bits per heavy atom. The summed E-state index contributed by atoms with van der Waals surface area (Å²) in [5, 5.41) is 3.85. The summed E-state index contributed by atoms with van der Waals surface area (Å²) in [6.07, 6.45) is 6.91. The Labute approximate surface area is 237 Å². The molecule has 0 bridgehead atoms. The third kappa shape index (κ3) is 2.70. The van der Waals surface area contributed by atoms with Crippen molar-refractivity contribution in [3.63, 3.8) is 0 Å². The molecule has 2 heteroatoms. The van der Waals surface area contributed by atoms with Crippen LogP contribution in [0.3, 0.4) is 0 Å². The predicted octanol–water partition coefficient (Wildman–Crippen LogP) is 9.82. The second-order valence-electron chi connectivity index (χ2n) is 12.4. The monoisotopic (exact) mass is 522 g/mol. The molecule has 5 aromatic carbocycles. The third-order valence-electron chi connectivity index (χ3n) is 9.88. The van der Waals surface area contributed by atoms with Crippen LogP contribution in [0.5, 0.6) is 0 Å². The van der Waals surface area contributed by atoms with Crippen LogP contribution >= 0.6 is 0 Å². The van der Waals surface area contributed by atoms with Crippen molar-refractivity contribution in [2.75, 3.05) is 0 Å². The van der Waals surface area contributed by atoms with Crippen molar-refractivity contribution in [2.24, 2.45) is 0 Å². The Bertz CT molecular complexity index is 2400. The number of hydrogen-bond donors (Lipinski definition) is 0. The van der Waals surface area contributed by atoms with Gasteiger partial charge in [-0.1, -0.05) is 105 Å². The van der Waals surface area contributed by atoms with Crippen LogP contribution in [0.1, 0.15) is 42.0 Å². The Hall–Kier alpha value is -4.95. The van der Waals surface area contributed by atoms with Gasteiger partial charge in [0.25, 0.3) is 0 Å². The Morgan fingerprint density at radius 1 is 0.683 bits per heavy atom. The second-order valence-corrected chi connectivity index (χ2v) is 12.4. The average Bonchev–Trinajstić information content (AvgIpc) is 3.65. The smallest absolute Gasteiger partial charge is 0.146 e. The maximum Gasteiger partial charge on any atom is 0.146 e. The van der Waals surface area contributed by atoms with Crippen molar-refractivity contribution in [2.45, 2.75) is 25.2 Å². The van der Waals surface area contributed by atoms with E-state index in [-0.39, 0.29) is 5.41 Å². The largest absolute Gasteiger partial charge is 0.292 e. The first-order valence-electron chi connectivity index (χ1n) is 14.5. The molecule has 1 atom stereocenters. The van der Waals surface area contributed by atoms with E-state index >= 15 is 0 Å².